The van der Waals surface area contributed by atoms with Gasteiger partial charge in [-0.3, -0.25) is 9.59 Å². The molecule has 0 saturated heterocycles. The van der Waals surface area contributed by atoms with Gasteiger partial charge in [-0.25, -0.2) is 0 Å². The fraction of sp³-hybridized carbons (Fsp3) is 0.571. The number of nitrogens with one attached hydrogen (secondary N) is 1. The topological polar surface area (TPSA) is 82.0 Å². The van der Waals surface area contributed by atoms with Crippen LogP contribution in [0.5, 0.6) is 0 Å². The predicted molar refractivity (Wildman–Crippen MR) is 106 cm³/mol. The number of hydrogen-bond donors (Lipinski definition) is 2. The average Bonchev–Trinajstić information content (AvgIpc) is 2.91. The second-order valence-electron chi connectivity index (χ2n) is 8.62. The van der Waals surface area contributed by atoms with Crippen LogP contribution in [0.25, 0.3) is 0 Å². The zero-order valence-corrected chi connectivity index (χ0v) is 17.0. The van der Waals surface area contributed by atoms with E-state index in [0.717, 1.165) is 16.3 Å². The van der Waals surface area contributed by atoms with Gasteiger partial charge in [-0.2, -0.15) is 10.1 Å². The van der Waals surface area contributed by atoms with Crippen LogP contribution in [-0.4, -0.2) is 39.9 Å². The van der Waals surface area contributed by atoms with E-state index >= 15 is 0 Å². The lowest BCUT2D eigenvalue weighted by molar-refractivity contribution is -0.184. The highest BCUT2D eigenvalue weighted by atomic mass is 16.3. The summed E-state index contributed by atoms with van der Waals surface area (Å²) in [5.74, 6) is -1.22. The number of hydrogen-bond acceptors (Lipinski definition) is 4. The highest BCUT2D eigenvalue weighted by Crippen LogP contribution is 2.41. The predicted octanol–water partition coefficient (Wildman–Crippen LogP) is 2.71. The molecule has 0 bridgehead atoms. The molecule has 1 aromatic rings. The third-order valence-corrected chi connectivity index (χ3v) is 4.82. The Morgan fingerprint density at radius 2 is 1.89 bits per heavy atom. The van der Waals surface area contributed by atoms with E-state index in [2.05, 4.69) is 24.3 Å². The lowest BCUT2D eigenvalue weighted by Gasteiger charge is -2.41. The summed E-state index contributed by atoms with van der Waals surface area (Å²) in [6.07, 6.45) is 1.57. The zero-order valence-electron chi connectivity index (χ0n) is 17.0. The van der Waals surface area contributed by atoms with Crippen LogP contribution < -0.4 is 5.32 Å². The summed E-state index contributed by atoms with van der Waals surface area (Å²) >= 11 is 0. The van der Waals surface area contributed by atoms with Gasteiger partial charge < -0.3 is 10.4 Å². The molecule has 0 radical (unpaired) electrons. The molecule has 0 saturated carbocycles. The van der Waals surface area contributed by atoms with E-state index < -0.39 is 23.0 Å². The third kappa shape index (κ3) is 4.95. The van der Waals surface area contributed by atoms with E-state index in [9.17, 15) is 14.7 Å². The number of benzene rings is 1. The molecule has 1 aromatic carbocycles. The average molecular weight is 373 g/mol. The van der Waals surface area contributed by atoms with Crippen molar-refractivity contribution in [2.24, 2.45) is 16.4 Å². The molecular weight excluding hydrogens is 342 g/mol. The van der Waals surface area contributed by atoms with E-state index in [-0.39, 0.29) is 6.42 Å². The third-order valence-electron chi connectivity index (χ3n) is 4.82. The fourth-order valence-electron chi connectivity index (χ4n) is 3.14. The quantitative estimate of drug-likeness (QED) is 0.779. The first-order chi connectivity index (χ1) is 12.5. The Kier molecular flexibility index (Phi) is 6.42. The molecule has 0 aliphatic carbocycles. The number of carbonyl (C=O) groups is 2. The van der Waals surface area contributed by atoms with Gasteiger partial charge in [0.1, 0.15) is 0 Å². The monoisotopic (exact) mass is 373 g/mol. The zero-order chi connectivity index (χ0) is 20.2. The van der Waals surface area contributed by atoms with Crippen LogP contribution in [0.4, 0.5) is 0 Å². The van der Waals surface area contributed by atoms with Crippen molar-refractivity contribution in [2.75, 3.05) is 6.54 Å². The van der Waals surface area contributed by atoms with Crippen LogP contribution in [0.2, 0.25) is 0 Å². The van der Waals surface area contributed by atoms with E-state index in [1.165, 1.54) is 0 Å². The van der Waals surface area contributed by atoms with Crippen molar-refractivity contribution < 1.29 is 14.7 Å². The minimum Gasteiger partial charge on any atom is -0.368 e. The first kappa shape index (κ1) is 21.1. The van der Waals surface area contributed by atoms with Gasteiger partial charge in [0.2, 0.25) is 0 Å². The van der Waals surface area contributed by atoms with Crippen molar-refractivity contribution in [3.05, 3.63) is 35.9 Å². The molecule has 1 atom stereocenters. The molecule has 27 heavy (non-hydrogen) atoms. The maximum atomic E-state index is 12.7. The Hall–Kier alpha value is -2.21. The lowest BCUT2D eigenvalue weighted by atomic mass is 9.79. The summed E-state index contributed by atoms with van der Waals surface area (Å²) in [7, 11) is 0. The first-order valence-electron chi connectivity index (χ1n) is 9.49. The molecular formula is C21H31N3O3. The minimum atomic E-state index is -1.51. The molecule has 2 rings (SSSR count). The summed E-state index contributed by atoms with van der Waals surface area (Å²) < 4.78 is 0. The van der Waals surface area contributed by atoms with Crippen molar-refractivity contribution in [3.8, 4) is 0 Å². The van der Waals surface area contributed by atoms with Crippen LogP contribution in [0.1, 0.15) is 53.0 Å². The number of hydrazone groups is 1. The largest absolute Gasteiger partial charge is 0.368 e. The molecule has 0 aromatic heterocycles. The van der Waals surface area contributed by atoms with Gasteiger partial charge >= 0.3 is 11.8 Å². The summed E-state index contributed by atoms with van der Waals surface area (Å²) in [4.78, 5) is 25.1. The number of amides is 2. The van der Waals surface area contributed by atoms with Crippen LogP contribution in [-0.2, 0) is 16.0 Å². The number of carbonyl (C=O) groups excluding carboxylic acids is 2. The second kappa shape index (κ2) is 8.21. The maximum absolute atomic E-state index is 12.7. The maximum Gasteiger partial charge on any atom is 0.334 e. The highest BCUT2D eigenvalue weighted by Gasteiger charge is 2.53. The Morgan fingerprint density at radius 1 is 1.26 bits per heavy atom. The summed E-state index contributed by atoms with van der Waals surface area (Å²) in [6, 6.07) is 9.73. The van der Waals surface area contributed by atoms with Crippen molar-refractivity contribution in [1.82, 2.24) is 10.3 Å². The Balaban J connectivity index is 2.07. The standard InChI is InChI=1S/C21H31N3O3/c1-15(2)13-17-14-21(27,20(3,4)5)24(23-17)19(26)18(25)22-12-11-16-9-7-6-8-10-16/h6-10,15,27H,11-14H2,1-5H3,(H,22,25). The van der Waals surface area contributed by atoms with Gasteiger partial charge in [-0.1, -0.05) is 65.0 Å². The summed E-state index contributed by atoms with van der Waals surface area (Å²) in [5.41, 5.74) is -0.331. The molecule has 1 heterocycles. The van der Waals surface area contributed by atoms with Crippen LogP contribution in [0.3, 0.4) is 0 Å². The van der Waals surface area contributed by atoms with E-state index in [4.69, 9.17) is 0 Å². The molecule has 6 nitrogen and oxygen atoms in total. The number of aliphatic hydroxyl groups is 1. The smallest absolute Gasteiger partial charge is 0.334 e. The molecule has 1 aliphatic rings. The molecule has 2 N–H and O–H groups in total. The van der Waals surface area contributed by atoms with Crippen molar-refractivity contribution in [2.45, 2.75) is 59.6 Å². The molecule has 1 aliphatic heterocycles. The van der Waals surface area contributed by atoms with Crippen molar-refractivity contribution in [3.63, 3.8) is 0 Å². The van der Waals surface area contributed by atoms with Gasteiger partial charge in [0.05, 0.1) is 0 Å². The van der Waals surface area contributed by atoms with E-state index in [0.29, 0.717) is 25.3 Å². The Bertz CT molecular complexity index is 707. The molecule has 0 fully saturated rings. The minimum absolute atomic E-state index is 0.262. The number of nitrogens with zero attached hydrogens (tertiary/aromatic N) is 2. The normalized spacial score (nSPS) is 20.0. The molecule has 1 unspecified atom stereocenters. The summed E-state index contributed by atoms with van der Waals surface area (Å²) in [5, 5.41) is 19.2. The molecule has 2 amide bonds. The van der Waals surface area contributed by atoms with Gasteiger partial charge in [0.25, 0.3) is 0 Å². The van der Waals surface area contributed by atoms with Crippen LogP contribution >= 0.6 is 0 Å². The first-order valence-corrected chi connectivity index (χ1v) is 9.49. The molecule has 6 heteroatoms. The summed E-state index contributed by atoms with van der Waals surface area (Å²) in [6.45, 7) is 9.98. The van der Waals surface area contributed by atoms with Crippen molar-refractivity contribution in [1.29, 1.82) is 0 Å². The molecule has 148 valence electrons. The number of rotatable bonds is 5. The molecule has 0 spiro atoms. The fourth-order valence-corrected chi connectivity index (χ4v) is 3.14. The van der Waals surface area contributed by atoms with Gasteiger partial charge in [0, 0.05) is 24.1 Å². The SMILES string of the molecule is CC(C)CC1=NN(C(=O)C(=O)NCCc2ccccc2)C(O)(C(C)(C)C)C1. The lowest BCUT2D eigenvalue weighted by Crippen LogP contribution is -2.57. The Labute approximate surface area is 161 Å². The second-order valence-corrected chi connectivity index (χ2v) is 8.62. The van der Waals surface area contributed by atoms with E-state index in [1.54, 1.807) is 0 Å². The van der Waals surface area contributed by atoms with Gasteiger partial charge in [0.15, 0.2) is 5.72 Å². The highest BCUT2D eigenvalue weighted by molar-refractivity contribution is 6.35. The van der Waals surface area contributed by atoms with Gasteiger partial charge in [-0.05, 0) is 24.3 Å². The van der Waals surface area contributed by atoms with Crippen molar-refractivity contribution >= 4 is 17.5 Å². The van der Waals surface area contributed by atoms with Crippen LogP contribution in [0.15, 0.2) is 35.4 Å². The van der Waals surface area contributed by atoms with Gasteiger partial charge in [-0.15, -0.1) is 0 Å². The van der Waals surface area contributed by atoms with E-state index in [1.807, 2.05) is 51.1 Å². The Morgan fingerprint density at radius 3 is 2.44 bits per heavy atom. The van der Waals surface area contributed by atoms with Crippen LogP contribution in [0, 0.1) is 11.3 Å².